The van der Waals surface area contributed by atoms with Crippen LogP contribution in [0.15, 0.2) is 48.8 Å². The molecule has 0 bridgehead atoms. The minimum absolute atomic E-state index is 0.294. The fraction of sp³-hybridized carbons (Fsp3) is 0.304. The van der Waals surface area contributed by atoms with E-state index in [0.29, 0.717) is 29.9 Å². The van der Waals surface area contributed by atoms with E-state index < -0.39 is 0 Å². The smallest absolute Gasteiger partial charge is 0.248 e. The van der Waals surface area contributed by atoms with Crippen LogP contribution in [0.2, 0.25) is 0 Å². The van der Waals surface area contributed by atoms with E-state index in [1.54, 1.807) is 7.11 Å². The summed E-state index contributed by atoms with van der Waals surface area (Å²) >= 11 is 0. The number of fused-ring (bicyclic) bond motifs is 1. The number of methoxy groups -OCH3 is 1. The minimum atomic E-state index is 0.294. The molecule has 0 spiro atoms. The molecule has 1 fully saturated rings. The van der Waals surface area contributed by atoms with Crippen LogP contribution in [0.5, 0.6) is 28.9 Å². The van der Waals surface area contributed by atoms with Gasteiger partial charge < -0.3 is 29.6 Å². The van der Waals surface area contributed by atoms with Crippen molar-refractivity contribution in [3.05, 3.63) is 54.4 Å². The van der Waals surface area contributed by atoms with Crippen LogP contribution < -0.4 is 29.6 Å². The predicted octanol–water partition coefficient (Wildman–Crippen LogP) is 2.91. The Morgan fingerprint density at radius 3 is 2.47 bits per heavy atom. The quantitative estimate of drug-likeness (QED) is 0.627. The Bertz CT molecular complexity index is 1080. The average Bonchev–Trinajstić information content (AvgIpc) is 3.30. The highest BCUT2D eigenvalue weighted by Gasteiger charge is 2.23. The first kappa shape index (κ1) is 20.2. The lowest BCUT2D eigenvalue weighted by Crippen LogP contribution is -2.46. The lowest BCUT2D eigenvalue weighted by Gasteiger charge is -2.35. The van der Waals surface area contributed by atoms with Crippen molar-refractivity contribution in [3.8, 4) is 28.9 Å². The summed E-state index contributed by atoms with van der Waals surface area (Å²) in [6, 6.07) is 13.4. The summed E-state index contributed by atoms with van der Waals surface area (Å²) in [5, 5.41) is 0. The molecule has 3 heterocycles. The molecule has 2 N–H and O–H groups in total. The molecule has 0 amide bonds. The molecule has 1 saturated heterocycles. The molecule has 0 atom stereocenters. The van der Waals surface area contributed by atoms with Gasteiger partial charge in [-0.3, -0.25) is 4.90 Å². The maximum atomic E-state index is 6.37. The standard InChI is InChI=1S/C23H25N5O4/c1-29-17-3-5-18(6-4-17)32-23-21(24)22(25-14-26-23)28-10-8-27(9-11-28)13-16-2-7-19-20(12-16)31-15-30-19/h2-7,12,14H,8-11,13,15,24H2,1H3. The first-order valence-corrected chi connectivity index (χ1v) is 10.5. The fourth-order valence-corrected chi connectivity index (χ4v) is 3.87. The predicted molar refractivity (Wildman–Crippen MR) is 120 cm³/mol. The van der Waals surface area contributed by atoms with Crippen molar-refractivity contribution in [2.24, 2.45) is 0 Å². The second-order valence-corrected chi connectivity index (χ2v) is 7.64. The summed E-state index contributed by atoms with van der Waals surface area (Å²) in [6.45, 7) is 4.57. The number of benzene rings is 2. The van der Waals surface area contributed by atoms with E-state index in [1.165, 1.54) is 11.9 Å². The van der Waals surface area contributed by atoms with Gasteiger partial charge >= 0.3 is 0 Å². The highest BCUT2D eigenvalue weighted by molar-refractivity contribution is 5.68. The number of rotatable bonds is 6. The molecule has 0 saturated carbocycles. The molecule has 0 radical (unpaired) electrons. The summed E-state index contributed by atoms with van der Waals surface area (Å²) in [6.07, 6.45) is 1.49. The third-order valence-corrected chi connectivity index (χ3v) is 5.62. The van der Waals surface area contributed by atoms with Gasteiger partial charge in [-0.2, -0.15) is 4.98 Å². The van der Waals surface area contributed by atoms with Crippen molar-refractivity contribution in [1.82, 2.24) is 14.9 Å². The molecule has 9 nitrogen and oxygen atoms in total. The van der Waals surface area contributed by atoms with Crippen LogP contribution in [0.25, 0.3) is 0 Å². The Labute approximate surface area is 186 Å². The van der Waals surface area contributed by atoms with Gasteiger partial charge in [0.05, 0.1) is 7.11 Å². The molecule has 2 aliphatic rings. The van der Waals surface area contributed by atoms with E-state index in [4.69, 9.17) is 24.7 Å². The molecule has 166 valence electrons. The van der Waals surface area contributed by atoms with Gasteiger partial charge in [0.1, 0.15) is 23.5 Å². The number of hydrogen-bond acceptors (Lipinski definition) is 9. The van der Waals surface area contributed by atoms with Crippen LogP contribution in [0.3, 0.4) is 0 Å². The zero-order valence-corrected chi connectivity index (χ0v) is 17.9. The number of ether oxygens (including phenoxy) is 4. The molecule has 5 rings (SSSR count). The van der Waals surface area contributed by atoms with E-state index in [-0.39, 0.29) is 0 Å². The van der Waals surface area contributed by atoms with E-state index >= 15 is 0 Å². The van der Waals surface area contributed by atoms with Gasteiger partial charge in [-0.15, -0.1) is 0 Å². The Kier molecular flexibility index (Phi) is 5.55. The molecule has 32 heavy (non-hydrogen) atoms. The minimum Gasteiger partial charge on any atom is -0.497 e. The molecule has 0 aliphatic carbocycles. The van der Waals surface area contributed by atoms with Gasteiger partial charge in [-0.1, -0.05) is 6.07 Å². The Balaban J connectivity index is 1.22. The van der Waals surface area contributed by atoms with Gasteiger partial charge in [0.2, 0.25) is 12.7 Å². The Morgan fingerprint density at radius 1 is 0.938 bits per heavy atom. The zero-order chi connectivity index (χ0) is 21.9. The third-order valence-electron chi connectivity index (χ3n) is 5.62. The van der Waals surface area contributed by atoms with Crippen LogP contribution in [0, 0.1) is 0 Å². The summed E-state index contributed by atoms with van der Waals surface area (Å²) in [7, 11) is 1.62. The number of nitrogens with two attached hydrogens (primary N) is 1. The molecular formula is C23H25N5O4. The monoisotopic (exact) mass is 435 g/mol. The van der Waals surface area contributed by atoms with E-state index in [2.05, 4.69) is 31.9 Å². The molecule has 9 heteroatoms. The number of nitrogens with zero attached hydrogens (tertiary/aromatic N) is 4. The molecule has 2 aromatic carbocycles. The number of nitrogen functional groups attached to an aromatic ring is 1. The zero-order valence-electron chi connectivity index (χ0n) is 17.9. The second-order valence-electron chi connectivity index (χ2n) is 7.64. The molecule has 3 aromatic rings. The Hall–Kier alpha value is -3.72. The maximum absolute atomic E-state index is 6.37. The summed E-state index contributed by atoms with van der Waals surface area (Å²) in [5.41, 5.74) is 8.02. The molecule has 1 aromatic heterocycles. The van der Waals surface area contributed by atoms with Crippen LogP contribution >= 0.6 is 0 Å². The van der Waals surface area contributed by atoms with Crippen molar-refractivity contribution < 1.29 is 18.9 Å². The first-order valence-electron chi connectivity index (χ1n) is 10.5. The van der Waals surface area contributed by atoms with Crippen molar-refractivity contribution in [2.45, 2.75) is 6.54 Å². The van der Waals surface area contributed by atoms with Crippen LogP contribution in [0.1, 0.15) is 5.56 Å². The summed E-state index contributed by atoms with van der Waals surface area (Å²) < 4.78 is 21.9. The Morgan fingerprint density at radius 2 is 1.69 bits per heavy atom. The van der Waals surface area contributed by atoms with Gasteiger partial charge in [0.25, 0.3) is 0 Å². The van der Waals surface area contributed by atoms with Crippen molar-refractivity contribution in [1.29, 1.82) is 0 Å². The fourth-order valence-electron chi connectivity index (χ4n) is 3.87. The molecule has 2 aliphatic heterocycles. The third kappa shape index (κ3) is 4.19. The molecule has 0 unspecified atom stereocenters. The van der Waals surface area contributed by atoms with Gasteiger partial charge in [-0.25, -0.2) is 4.98 Å². The normalized spacial score (nSPS) is 15.6. The van der Waals surface area contributed by atoms with Gasteiger partial charge in [0.15, 0.2) is 17.3 Å². The highest BCUT2D eigenvalue weighted by Crippen LogP contribution is 2.34. The SMILES string of the molecule is COc1ccc(Oc2ncnc(N3CCN(Cc4ccc5c(c4)OCO5)CC3)c2N)cc1. The van der Waals surface area contributed by atoms with Gasteiger partial charge in [0, 0.05) is 32.7 Å². The van der Waals surface area contributed by atoms with Crippen LogP contribution in [-0.2, 0) is 6.54 Å². The number of anilines is 2. The van der Waals surface area contributed by atoms with E-state index in [1.807, 2.05) is 30.3 Å². The second kappa shape index (κ2) is 8.80. The topological polar surface area (TPSA) is 95.2 Å². The van der Waals surface area contributed by atoms with Crippen LogP contribution in [-0.4, -0.2) is 54.9 Å². The lowest BCUT2D eigenvalue weighted by molar-refractivity contribution is 0.174. The first-order chi connectivity index (χ1) is 15.7. The van der Waals surface area contributed by atoms with Crippen LogP contribution in [0.4, 0.5) is 11.5 Å². The number of piperazine rings is 1. The lowest BCUT2D eigenvalue weighted by atomic mass is 10.1. The highest BCUT2D eigenvalue weighted by atomic mass is 16.7. The van der Waals surface area contributed by atoms with Crippen molar-refractivity contribution >= 4 is 11.5 Å². The van der Waals surface area contributed by atoms with Crippen molar-refractivity contribution in [2.75, 3.05) is 50.7 Å². The average molecular weight is 435 g/mol. The largest absolute Gasteiger partial charge is 0.497 e. The summed E-state index contributed by atoms with van der Waals surface area (Å²) in [5.74, 6) is 4.07. The number of aromatic nitrogens is 2. The maximum Gasteiger partial charge on any atom is 0.248 e. The molecular weight excluding hydrogens is 410 g/mol. The van der Waals surface area contributed by atoms with Gasteiger partial charge in [-0.05, 0) is 42.0 Å². The van der Waals surface area contributed by atoms with E-state index in [9.17, 15) is 0 Å². The summed E-state index contributed by atoms with van der Waals surface area (Å²) in [4.78, 5) is 13.2. The van der Waals surface area contributed by atoms with E-state index in [0.717, 1.165) is 50.0 Å². The van der Waals surface area contributed by atoms with Crippen molar-refractivity contribution in [3.63, 3.8) is 0 Å². The number of hydrogen-bond donors (Lipinski definition) is 1.